The zero-order valence-electron chi connectivity index (χ0n) is 16.4. The SMILES string of the molecule is COc1cccc(CN(CC2CCCO2)C(=O)NC2CCC(C(=O)O)CC2)c1. The zero-order chi connectivity index (χ0) is 19.9. The van der Waals surface area contributed by atoms with Gasteiger partial charge in [0.05, 0.1) is 19.1 Å². The second-order valence-corrected chi connectivity index (χ2v) is 7.70. The van der Waals surface area contributed by atoms with E-state index in [0.717, 1.165) is 30.8 Å². The van der Waals surface area contributed by atoms with E-state index in [1.54, 1.807) is 12.0 Å². The summed E-state index contributed by atoms with van der Waals surface area (Å²) in [4.78, 5) is 25.9. The molecule has 2 amide bonds. The number of hydrogen-bond donors (Lipinski definition) is 2. The molecule has 0 bridgehead atoms. The summed E-state index contributed by atoms with van der Waals surface area (Å²) >= 11 is 0. The molecule has 1 aliphatic heterocycles. The normalized spacial score (nSPS) is 24.5. The number of carboxylic acids is 1. The van der Waals surface area contributed by atoms with Crippen LogP contribution in [0.3, 0.4) is 0 Å². The van der Waals surface area contributed by atoms with Crippen LogP contribution in [0.25, 0.3) is 0 Å². The summed E-state index contributed by atoms with van der Waals surface area (Å²) in [6, 6.07) is 7.64. The summed E-state index contributed by atoms with van der Waals surface area (Å²) in [5.74, 6) is -0.252. The molecule has 28 heavy (non-hydrogen) atoms. The number of aliphatic carboxylic acids is 1. The second-order valence-electron chi connectivity index (χ2n) is 7.70. The van der Waals surface area contributed by atoms with Crippen molar-refractivity contribution in [3.63, 3.8) is 0 Å². The van der Waals surface area contributed by atoms with E-state index < -0.39 is 5.97 Å². The summed E-state index contributed by atoms with van der Waals surface area (Å²) in [6.07, 6.45) is 4.69. The Hall–Kier alpha value is -2.28. The molecular weight excluding hydrogens is 360 g/mol. The van der Waals surface area contributed by atoms with Gasteiger partial charge in [-0.05, 0) is 56.2 Å². The Labute approximate surface area is 166 Å². The number of methoxy groups -OCH3 is 1. The topological polar surface area (TPSA) is 88.1 Å². The molecule has 0 aromatic heterocycles. The first kappa shape index (κ1) is 20.5. The molecule has 7 heteroatoms. The van der Waals surface area contributed by atoms with E-state index >= 15 is 0 Å². The van der Waals surface area contributed by atoms with Crippen molar-refractivity contribution in [2.75, 3.05) is 20.3 Å². The molecule has 1 saturated heterocycles. The predicted octanol–water partition coefficient (Wildman–Crippen LogP) is 3.03. The lowest BCUT2D eigenvalue weighted by atomic mass is 9.86. The third kappa shape index (κ3) is 5.61. The van der Waals surface area contributed by atoms with Crippen LogP contribution < -0.4 is 10.1 Å². The van der Waals surface area contributed by atoms with Crippen molar-refractivity contribution in [3.05, 3.63) is 29.8 Å². The van der Waals surface area contributed by atoms with Gasteiger partial charge >= 0.3 is 12.0 Å². The maximum absolute atomic E-state index is 13.0. The Morgan fingerprint density at radius 1 is 1.25 bits per heavy atom. The molecule has 7 nitrogen and oxygen atoms in total. The van der Waals surface area contributed by atoms with Crippen LogP contribution in [-0.2, 0) is 16.1 Å². The number of nitrogens with one attached hydrogen (secondary N) is 1. The predicted molar refractivity (Wildman–Crippen MR) is 104 cm³/mol. The Morgan fingerprint density at radius 2 is 2.04 bits per heavy atom. The highest BCUT2D eigenvalue weighted by atomic mass is 16.5. The average molecular weight is 390 g/mol. The standard InChI is InChI=1S/C21H30N2O5/c1-27-18-5-2-4-15(12-18)13-23(14-19-6-3-11-28-19)21(26)22-17-9-7-16(8-10-17)20(24)25/h2,4-5,12,16-17,19H,3,6-11,13-14H2,1H3,(H,22,26)(H,24,25). The molecule has 2 N–H and O–H groups in total. The lowest BCUT2D eigenvalue weighted by Crippen LogP contribution is -2.48. The highest BCUT2D eigenvalue weighted by Crippen LogP contribution is 2.25. The molecular formula is C21H30N2O5. The first-order chi connectivity index (χ1) is 13.5. The van der Waals surface area contributed by atoms with Gasteiger partial charge in [-0.2, -0.15) is 0 Å². The number of urea groups is 1. The molecule has 1 saturated carbocycles. The Bertz CT molecular complexity index is 667. The number of ether oxygens (including phenoxy) is 2. The van der Waals surface area contributed by atoms with Crippen molar-refractivity contribution in [1.29, 1.82) is 0 Å². The minimum Gasteiger partial charge on any atom is -0.497 e. The third-order valence-electron chi connectivity index (χ3n) is 5.65. The summed E-state index contributed by atoms with van der Waals surface area (Å²) in [5.41, 5.74) is 1.00. The number of rotatable bonds is 7. The Balaban J connectivity index is 1.62. The van der Waals surface area contributed by atoms with Crippen LogP contribution in [0.5, 0.6) is 5.75 Å². The third-order valence-corrected chi connectivity index (χ3v) is 5.65. The van der Waals surface area contributed by atoms with Gasteiger partial charge in [-0.15, -0.1) is 0 Å². The molecule has 3 rings (SSSR count). The Kier molecular flexibility index (Phi) is 7.14. The van der Waals surface area contributed by atoms with Gasteiger partial charge in [-0.3, -0.25) is 4.79 Å². The lowest BCUT2D eigenvalue weighted by molar-refractivity contribution is -0.142. The summed E-state index contributed by atoms with van der Waals surface area (Å²) in [6.45, 7) is 1.78. The average Bonchev–Trinajstić information content (AvgIpc) is 3.21. The van der Waals surface area contributed by atoms with E-state index in [1.807, 2.05) is 24.3 Å². The maximum atomic E-state index is 13.0. The van der Waals surface area contributed by atoms with E-state index in [9.17, 15) is 9.59 Å². The number of hydrogen-bond acceptors (Lipinski definition) is 4. The van der Waals surface area contributed by atoms with Crippen LogP contribution in [0.15, 0.2) is 24.3 Å². The minimum atomic E-state index is -0.734. The molecule has 1 aliphatic carbocycles. The first-order valence-corrected chi connectivity index (χ1v) is 10.1. The largest absolute Gasteiger partial charge is 0.497 e. The van der Waals surface area contributed by atoms with Gasteiger partial charge in [-0.25, -0.2) is 4.79 Å². The van der Waals surface area contributed by atoms with Crippen molar-refractivity contribution >= 4 is 12.0 Å². The smallest absolute Gasteiger partial charge is 0.318 e. The summed E-state index contributed by atoms with van der Waals surface area (Å²) in [5, 5.41) is 12.2. The zero-order valence-corrected chi connectivity index (χ0v) is 16.4. The fourth-order valence-corrected chi connectivity index (χ4v) is 4.00. The number of carboxylic acid groups (broad SMARTS) is 1. The van der Waals surface area contributed by atoms with E-state index in [1.165, 1.54) is 0 Å². The van der Waals surface area contributed by atoms with Gasteiger partial charge in [-0.1, -0.05) is 12.1 Å². The molecule has 1 heterocycles. The van der Waals surface area contributed by atoms with Gasteiger partial charge in [0, 0.05) is 25.7 Å². The maximum Gasteiger partial charge on any atom is 0.318 e. The van der Waals surface area contributed by atoms with Crippen LogP contribution >= 0.6 is 0 Å². The van der Waals surface area contributed by atoms with E-state index in [2.05, 4.69) is 5.32 Å². The number of benzene rings is 1. The lowest BCUT2D eigenvalue weighted by Gasteiger charge is -2.31. The molecule has 0 radical (unpaired) electrons. The minimum absolute atomic E-state index is 0.0282. The Morgan fingerprint density at radius 3 is 2.68 bits per heavy atom. The quantitative estimate of drug-likeness (QED) is 0.747. The fourth-order valence-electron chi connectivity index (χ4n) is 4.00. The van der Waals surface area contributed by atoms with E-state index in [4.69, 9.17) is 14.6 Å². The number of nitrogens with zero attached hydrogens (tertiary/aromatic N) is 1. The van der Waals surface area contributed by atoms with Crippen molar-refractivity contribution in [1.82, 2.24) is 10.2 Å². The van der Waals surface area contributed by atoms with Crippen LogP contribution in [-0.4, -0.2) is 54.4 Å². The second kappa shape index (κ2) is 9.78. The molecule has 154 valence electrons. The van der Waals surface area contributed by atoms with Gasteiger partial charge in [0.2, 0.25) is 0 Å². The van der Waals surface area contributed by atoms with Crippen LogP contribution in [0.2, 0.25) is 0 Å². The monoisotopic (exact) mass is 390 g/mol. The van der Waals surface area contributed by atoms with Gasteiger partial charge < -0.3 is 24.8 Å². The number of carbonyl (C=O) groups is 2. The molecule has 1 unspecified atom stereocenters. The van der Waals surface area contributed by atoms with Gasteiger partial charge in [0.15, 0.2) is 0 Å². The molecule has 1 aromatic rings. The molecule has 1 aromatic carbocycles. The van der Waals surface area contributed by atoms with E-state index in [-0.39, 0.29) is 24.1 Å². The fraction of sp³-hybridized carbons (Fsp3) is 0.619. The van der Waals surface area contributed by atoms with Gasteiger partial charge in [0.25, 0.3) is 0 Å². The highest BCUT2D eigenvalue weighted by Gasteiger charge is 2.29. The van der Waals surface area contributed by atoms with Crippen molar-refractivity contribution in [2.45, 2.75) is 57.2 Å². The van der Waals surface area contributed by atoms with Crippen LogP contribution in [0, 0.1) is 5.92 Å². The summed E-state index contributed by atoms with van der Waals surface area (Å²) in [7, 11) is 1.63. The molecule has 0 spiro atoms. The number of carbonyl (C=O) groups excluding carboxylic acids is 1. The van der Waals surface area contributed by atoms with Crippen molar-refractivity contribution < 1.29 is 24.2 Å². The van der Waals surface area contributed by atoms with Crippen molar-refractivity contribution in [2.24, 2.45) is 5.92 Å². The first-order valence-electron chi connectivity index (χ1n) is 10.1. The molecule has 1 atom stereocenters. The molecule has 2 aliphatic rings. The number of amides is 2. The molecule has 2 fully saturated rings. The van der Waals surface area contributed by atoms with Gasteiger partial charge in [0.1, 0.15) is 5.75 Å². The van der Waals surface area contributed by atoms with E-state index in [0.29, 0.717) is 38.8 Å². The van der Waals surface area contributed by atoms with Crippen molar-refractivity contribution in [3.8, 4) is 5.75 Å². The summed E-state index contributed by atoms with van der Waals surface area (Å²) < 4.78 is 11.0. The van der Waals surface area contributed by atoms with Crippen LogP contribution in [0.1, 0.15) is 44.1 Å². The highest BCUT2D eigenvalue weighted by molar-refractivity contribution is 5.75. The van der Waals surface area contributed by atoms with Crippen LogP contribution in [0.4, 0.5) is 4.79 Å².